The summed E-state index contributed by atoms with van der Waals surface area (Å²) < 4.78 is 1.01. The van der Waals surface area contributed by atoms with Crippen molar-refractivity contribution in [3.8, 4) is 6.07 Å². The Balaban J connectivity index is 2.24. The third-order valence-electron chi connectivity index (χ3n) is 1.96. The topological polar surface area (TPSA) is 44.1 Å². The maximum Gasteiger partial charge on any atom is 0.231 e. The summed E-state index contributed by atoms with van der Waals surface area (Å²) in [6, 6.07) is 2.10. The minimum atomic E-state index is 0.0840. The van der Waals surface area contributed by atoms with Gasteiger partial charge in [-0.1, -0.05) is 18.7 Å². The molecule has 13 heavy (non-hydrogen) atoms. The predicted octanol–water partition coefficient (Wildman–Crippen LogP) is 1.74. The van der Waals surface area contributed by atoms with Crippen LogP contribution >= 0.6 is 23.5 Å². The van der Waals surface area contributed by atoms with Gasteiger partial charge >= 0.3 is 0 Å². The maximum atomic E-state index is 11.1. The molecule has 2 heterocycles. The van der Waals surface area contributed by atoms with Gasteiger partial charge in [-0.05, 0) is 5.75 Å². The fourth-order valence-electron chi connectivity index (χ4n) is 1.36. The summed E-state index contributed by atoms with van der Waals surface area (Å²) >= 11 is 3.29. The summed E-state index contributed by atoms with van der Waals surface area (Å²) in [7, 11) is 0. The first-order chi connectivity index (χ1) is 6.27. The molecule has 1 amide bonds. The number of β-lactam (4-membered cyclic amide) rings is 1. The first-order valence-electron chi connectivity index (χ1n) is 4.03. The van der Waals surface area contributed by atoms with Gasteiger partial charge in [0.2, 0.25) is 5.91 Å². The van der Waals surface area contributed by atoms with Crippen molar-refractivity contribution in [2.45, 2.75) is 18.7 Å². The van der Waals surface area contributed by atoms with Crippen LogP contribution in [-0.2, 0) is 4.79 Å². The zero-order chi connectivity index (χ0) is 9.42. The molecule has 1 fully saturated rings. The lowest BCUT2D eigenvalue weighted by Crippen LogP contribution is -2.46. The maximum absolute atomic E-state index is 11.1. The highest BCUT2D eigenvalue weighted by Gasteiger charge is 2.46. The number of amides is 1. The molecule has 68 valence electrons. The molecule has 0 aromatic heterocycles. The Morgan fingerprint density at radius 2 is 2.62 bits per heavy atom. The molecular formula is C8H8N2OS2. The Labute approximate surface area is 85.2 Å². The SMILES string of the molecule is CCSC1=C(C#N)N2C(=O)C[C@H]2S1. The lowest BCUT2D eigenvalue weighted by atomic mass is 10.2. The molecule has 3 nitrogen and oxygen atoms in total. The number of rotatable bonds is 2. The minimum absolute atomic E-state index is 0.0840. The van der Waals surface area contributed by atoms with Crippen LogP contribution in [0.15, 0.2) is 9.93 Å². The first-order valence-corrected chi connectivity index (χ1v) is 5.90. The Kier molecular flexibility index (Phi) is 2.26. The van der Waals surface area contributed by atoms with Crippen LogP contribution in [0.5, 0.6) is 0 Å². The van der Waals surface area contributed by atoms with Crippen LogP contribution in [0.1, 0.15) is 13.3 Å². The van der Waals surface area contributed by atoms with Crippen molar-refractivity contribution in [2.75, 3.05) is 5.75 Å². The molecule has 1 saturated heterocycles. The van der Waals surface area contributed by atoms with Crippen LogP contribution in [0.4, 0.5) is 0 Å². The van der Waals surface area contributed by atoms with Gasteiger partial charge in [0, 0.05) is 0 Å². The van der Waals surface area contributed by atoms with Crippen LogP contribution in [0, 0.1) is 11.3 Å². The first kappa shape index (κ1) is 8.97. The van der Waals surface area contributed by atoms with Gasteiger partial charge in [-0.3, -0.25) is 9.69 Å². The van der Waals surface area contributed by atoms with Crippen molar-refractivity contribution < 1.29 is 4.79 Å². The van der Waals surface area contributed by atoms with Gasteiger partial charge in [-0.15, -0.1) is 11.8 Å². The van der Waals surface area contributed by atoms with E-state index in [1.807, 2.05) is 6.92 Å². The number of hydrogen-bond acceptors (Lipinski definition) is 4. The van der Waals surface area contributed by atoms with Crippen LogP contribution in [0.2, 0.25) is 0 Å². The fraction of sp³-hybridized carbons (Fsp3) is 0.500. The zero-order valence-electron chi connectivity index (χ0n) is 7.11. The van der Waals surface area contributed by atoms with Crippen LogP contribution in [0.3, 0.4) is 0 Å². The van der Waals surface area contributed by atoms with Crippen molar-refractivity contribution in [2.24, 2.45) is 0 Å². The van der Waals surface area contributed by atoms with Crippen molar-refractivity contribution >= 4 is 29.4 Å². The normalized spacial score (nSPS) is 25.7. The number of nitriles is 1. The smallest absolute Gasteiger partial charge is 0.231 e. The van der Waals surface area contributed by atoms with E-state index in [0.717, 1.165) is 9.99 Å². The van der Waals surface area contributed by atoms with E-state index in [2.05, 4.69) is 6.07 Å². The molecule has 5 heteroatoms. The molecule has 0 aromatic carbocycles. The van der Waals surface area contributed by atoms with Gasteiger partial charge in [0.15, 0.2) is 0 Å². The molecule has 1 atom stereocenters. The molecule has 0 spiro atoms. The van der Waals surface area contributed by atoms with Gasteiger partial charge in [0.25, 0.3) is 0 Å². The van der Waals surface area contributed by atoms with Gasteiger partial charge in [-0.2, -0.15) is 5.26 Å². The van der Waals surface area contributed by atoms with Gasteiger partial charge in [0.1, 0.15) is 11.8 Å². The van der Waals surface area contributed by atoms with Gasteiger partial charge in [0.05, 0.1) is 16.0 Å². The number of hydrogen-bond donors (Lipinski definition) is 0. The molecule has 2 rings (SSSR count). The number of nitrogens with zero attached hydrogens (tertiary/aromatic N) is 2. The van der Waals surface area contributed by atoms with Gasteiger partial charge in [-0.25, -0.2) is 0 Å². The summed E-state index contributed by atoms with van der Waals surface area (Å²) in [4.78, 5) is 12.8. The highest BCUT2D eigenvalue weighted by molar-refractivity contribution is 8.22. The lowest BCUT2D eigenvalue weighted by Gasteiger charge is -2.33. The minimum Gasteiger partial charge on any atom is -0.288 e. The van der Waals surface area contributed by atoms with E-state index in [1.54, 1.807) is 28.4 Å². The number of carbonyl (C=O) groups is 1. The molecule has 0 bridgehead atoms. The van der Waals surface area contributed by atoms with E-state index < -0.39 is 0 Å². The molecule has 2 aliphatic heterocycles. The Morgan fingerprint density at radius 3 is 3.15 bits per heavy atom. The van der Waals surface area contributed by atoms with Crippen LogP contribution < -0.4 is 0 Å². The van der Waals surface area contributed by atoms with Crippen molar-refractivity contribution in [3.05, 3.63) is 9.93 Å². The van der Waals surface area contributed by atoms with Crippen molar-refractivity contribution in [1.29, 1.82) is 5.26 Å². The molecule has 0 aliphatic carbocycles. The summed E-state index contributed by atoms with van der Waals surface area (Å²) in [5.74, 6) is 1.03. The van der Waals surface area contributed by atoms with E-state index in [0.29, 0.717) is 12.1 Å². The van der Waals surface area contributed by atoms with E-state index in [4.69, 9.17) is 5.26 Å². The molecule has 2 aliphatic rings. The van der Waals surface area contributed by atoms with E-state index in [9.17, 15) is 4.79 Å². The third-order valence-corrected chi connectivity index (χ3v) is 4.41. The molecule has 0 unspecified atom stereocenters. The summed E-state index contributed by atoms with van der Waals surface area (Å²) in [5, 5.41) is 9.09. The fourth-order valence-corrected chi connectivity index (χ4v) is 3.92. The largest absolute Gasteiger partial charge is 0.288 e. The van der Waals surface area contributed by atoms with E-state index in [1.165, 1.54) is 0 Å². The Morgan fingerprint density at radius 1 is 1.85 bits per heavy atom. The molecule has 0 N–H and O–H groups in total. The second-order valence-corrected chi connectivity index (χ2v) is 5.44. The highest BCUT2D eigenvalue weighted by atomic mass is 32.2. The second-order valence-electron chi connectivity index (χ2n) is 2.72. The predicted molar refractivity (Wildman–Crippen MR) is 53.6 cm³/mol. The molecule has 0 radical (unpaired) electrons. The quantitative estimate of drug-likeness (QED) is 0.654. The van der Waals surface area contributed by atoms with Crippen molar-refractivity contribution in [3.63, 3.8) is 0 Å². The van der Waals surface area contributed by atoms with Crippen LogP contribution in [0.25, 0.3) is 0 Å². The average Bonchev–Trinajstić information content (AvgIpc) is 2.38. The lowest BCUT2D eigenvalue weighted by molar-refractivity contribution is -0.137. The van der Waals surface area contributed by atoms with E-state index in [-0.39, 0.29) is 11.3 Å². The summed E-state index contributed by atoms with van der Waals surface area (Å²) in [5.41, 5.74) is 0.568. The molecule has 0 aromatic rings. The molecule has 0 saturated carbocycles. The Bertz CT molecular complexity index is 332. The Hall–Kier alpha value is -0.600. The monoisotopic (exact) mass is 212 g/mol. The van der Waals surface area contributed by atoms with Crippen LogP contribution in [-0.4, -0.2) is 21.9 Å². The number of carbonyl (C=O) groups excluding carboxylic acids is 1. The van der Waals surface area contributed by atoms with E-state index >= 15 is 0 Å². The van der Waals surface area contributed by atoms with Gasteiger partial charge < -0.3 is 0 Å². The average molecular weight is 212 g/mol. The third kappa shape index (κ3) is 1.25. The second kappa shape index (κ2) is 3.28. The summed E-state index contributed by atoms with van der Waals surface area (Å²) in [6.45, 7) is 2.05. The number of allylic oxidation sites excluding steroid dienone is 1. The van der Waals surface area contributed by atoms with Crippen molar-refractivity contribution in [1.82, 2.24) is 4.90 Å². The number of thioether (sulfide) groups is 2. The molecular weight excluding hydrogens is 204 g/mol. The highest BCUT2D eigenvalue weighted by Crippen LogP contribution is 2.49. The standard InChI is InChI=1S/C8H8N2OS2/c1-2-12-8-5(4-9)10-6(11)3-7(10)13-8/h7H,2-3H2,1H3/t7-/m1/s1. The summed E-state index contributed by atoms with van der Waals surface area (Å²) in [6.07, 6.45) is 0.587. The zero-order valence-corrected chi connectivity index (χ0v) is 8.74. The number of fused-ring (bicyclic) bond motifs is 1.